The monoisotopic (exact) mass is 508 g/mol. The van der Waals surface area contributed by atoms with Gasteiger partial charge in [-0.1, -0.05) is 48.0 Å². The molecule has 33 heavy (non-hydrogen) atoms. The van der Waals surface area contributed by atoms with Gasteiger partial charge in [-0.05, 0) is 44.1 Å². The average Bonchev–Trinajstić information content (AvgIpc) is 2.91. The van der Waals surface area contributed by atoms with Gasteiger partial charge in [-0.2, -0.15) is 0 Å². The minimum atomic E-state index is -1.87. The van der Waals surface area contributed by atoms with Crippen LogP contribution >= 0.6 is 11.6 Å². The number of hydrogen-bond donors (Lipinski definition) is 1. The molecule has 0 radical (unpaired) electrons. The maximum Gasteiger partial charge on any atom is 0.339 e. The van der Waals surface area contributed by atoms with Crippen LogP contribution in [-0.2, 0) is 31.3 Å². The molecule has 176 valence electrons. The van der Waals surface area contributed by atoms with Crippen molar-refractivity contribution in [2.75, 3.05) is 20.3 Å². The van der Waals surface area contributed by atoms with Crippen molar-refractivity contribution in [3.05, 3.63) is 77.0 Å². The molecule has 1 aromatic carbocycles. The quantitative estimate of drug-likeness (QED) is 0.609. The molecule has 1 N–H and O–H groups in total. The molecule has 2 aliphatic heterocycles. The van der Waals surface area contributed by atoms with E-state index < -0.39 is 32.7 Å². The Kier molecular flexibility index (Phi) is 8.96. The van der Waals surface area contributed by atoms with Gasteiger partial charge in [0.05, 0.1) is 36.4 Å². The fourth-order valence-corrected chi connectivity index (χ4v) is 5.66. The van der Waals surface area contributed by atoms with Crippen molar-refractivity contribution in [1.82, 2.24) is 4.72 Å². The van der Waals surface area contributed by atoms with E-state index in [2.05, 4.69) is 9.71 Å². The van der Waals surface area contributed by atoms with Crippen LogP contribution in [-0.4, -0.2) is 44.6 Å². The topological polar surface area (TPSA) is 94.1 Å². The molecule has 0 aromatic heterocycles. The Morgan fingerprint density at radius 3 is 2.79 bits per heavy atom. The second-order valence-corrected chi connectivity index (χ2v) is 10.7. The van der Waals surface area contributed by atoms with Gasteiger partial charge >= 0.3 is 5.97 Å². The molecule has 2 aliphatic rings. The van der Waals surface area contributed by atoms with Crippen LogP contribution in [0.2, 0.25) is 0 Å². The van der Waals surface area contributed by atoms with Crippen molar-refractivity contribution in [2.45, 2.75) is 29.6 Å². The van der Waals surface area contributed by atoms with Crippen LogP contribution in [0.15, 0.2) is 81.3 Å². The maximum atomic E-state index is 13.6. The first-order valence-electron chi connectivity index (χ1n) is 10.2. The number of aliphatic imine (C=N–C) groups is 1. The summed E-state index contributed by atoms with van der Waals surface area (Å²) in [7, 11) is -2.35. The zero-order chi connectivity index (χ0) is 23.8. The molecule has 10 heteroatoms. The number of carbonyl (C=O) groups is 1. The molecule has 2 heterocycles. The van der Waals surface area contributed by atoms with E-state index in [1.165, 1.54) is 19.3 Å². The van der Waals surface area contributed by atoms with Gasteiger partial charge in [-0.25, -0.2) is 13.2 Å². The lowest BCUT2D eigenvalue weighted by Crippen LogP contribution is -2.42. The number of nitrogens with one attached hydrogen (secondary N) is 1. The maximum absolute atomic E-state index is 13.6. The summed E-state index contributed by atoms with van der Waals surface area (Å²) >= 11 is 6.26. The minimum Gasteiger partial charge on any atom is -0.465 e. The third-order valence-electron chi connectivity index (χ3n) is 4.93. The second kappa shape index (κ2) is 11.7. The van der Waals surface area contributed by atoms with E-state index in [-0.39, 0.29) is 27.7 Å². The normalized spacial score (nSPS) is 24.9. The third-order valence-corrected chi connectivity index (χ3v) is 8.16. The molecule has 1 aromatic rings. The average molecular weight is 509 g/mol. The molecule has 0 saturated heterocycles. The lowest BCUT2D eigenvalue weighted by Gasteiger charge is -2.29. The summed E-state index contributed by atoms with van der Waals surface area (Å²) in [6, 6.07) is 6.43. The van der Waals surface area contributed by atoms with Crippen molar-refractivity contribution in [3.8, 4) is 0 Å². The number of carbonyl (C=O) groups excluding carboxylic acids is 1. The SMILES string of the molecule is COC(=O)c1ccccc1S(=O)C1=NCC=C(Cl)C=C1NS(=O)C1(C)CC/C=C\C=C/CO1. The number of hydrogen-bond acceptors (Lipinski definition) is 6. The first-order chi connectivity index (χ1) is 15.9. The smallest absolute Gasteiger partial charge is 0.339 e. The summed E-state index contributed by atoms with van der Waals surface area (Å²) in [6.45, 7) is 2.24. The molecular weight excluding hydrogens is 484 g/mol. The van der Waals surface area contributed by atoms with Crippen molar-refractivity contribution in [1.29, 1.82) is 0 Å². The van der Waals surface area contributed by atoms with E-state index >= 15 is 0 Å². The Bertz CT molecular complexity index is 1090. The molecule has 0 bridgehead atoms. The van der Waals surface area contributed by atoms with Gasteiger partial charge in [0.25, 0.3) is 0 Å². The van der Waals surface area contributed by atoms with Crippen molar-refractivity contribution >= 4 is 44.4 Å². The Morgan fingerprint density at radius 2 is 2.00 bits per heavy atom. The molecule has 0 spiro atoms. The zero-order valence-corrected chi connectivity index (χ0v) is 20.7. The standard InChI is InChI=1S/C23H25ClN2O5S2/c1-23(13-8-4-3-5-9-15-31-23)33(29)26-19-16-17(24)12-14-25-21(19)32(28)20-11-7-6-10-18(20)22(27)30-2/h3-7,9-12,16,26H,8,13-15H2,1-2H3/b4-3-,9-5-. The molecular formula is C23H25ClN2O5S2. The van der Waals surface area contributed by atoms with Crippen LogP contribution in [0.5, 0.6) is 0 Å². The largest absolute Gasteiger partial charge is 0.465 e. The molecule has 3 atom stereocenters. The lowest BCUT2D eigenvalue weighted by atomic mass is 10.2. The molecule has 0 aliphatic carbocycles. The Hall–Kier alpha value is -2.33. The van der Waals surface area contributed by atoms with Crippen LogP contribution in [0, 0.1) is 0 Å². The summed E-state index contributed by atoms with van der Waals surface area (Å²) in [5, 5.41) is 0.482. The van der Waals surface area contributed by atoms with Gasteiger partial charge < -0.3 is 9.47 Å². The molecule has 0 fully saturated rings. The van der Waals surface area contributed by atoms with Crippen LogP contribution in [0.4, 0.5) is 0 Å². The second-order valence-electron chi connectivity index (χ2n) is 7.26. The first kappa shape index (κ1) is 25.3. The van der Waals surface area contributed by atoms with Crippen LogP contribution < -0.4 is 4.72 Å². The van der Waals surface area contributed by atoms with Gasteiger partial charge in [-0.3, -0.25) is 9.71 Å². The number of esters is 1. The number of halogens is 1. The summed E-state index contributed by atoms with van der Waals surface area (Å²) in [6.07, 6.45) is 12.0. The zero-order valence-electron chi connectivity index (χ0n) is 18.3. The lowest BCUT2D eigenvalue weighted by molar-refractivity contribution is 0.0487. The van der Waals surface area contributed by atoms with Crippen molar-refractivity contribution in [2.24, 2.45) is 4.99 Å². The number of methoxy groups -OCH3 is 1. The third kappa shape index (κ3) is 6.38. The van der Waals surface area contributed by atoms with E-state index in [9.17, 15) is 13.2 Å². The van der Waals surface area contributed by atoms with Gasteiger partial charge in [-0.15, -0.1) is 0 Å². The highest BCUT2D eigenvalue weighted by Crippen LogP contribution is 2.26. The fourth-order valence-electron chi connectivity index (χ4n) is 3.11. The summed E-state index contributed by atoms with van der Waals surface area (Å²) in [5.41, 5.74) is 0.399. The highest BCUT2D eigenvalue weighted by molar-refractivity contribution is 8.01. The number of nitrogens with zero attached hydrogens (tertiary/aromatic N) is 1. The number of rotatable bonds is 5. The van der Waals surface area contributed by atoms with E-state index in [1.807, 2.05) is 24.3 Å². The van der Waals surface area contributed by atoms with Crippen molar-refractivity contribution < 1.29 is 22.7 Å². The molecule has 7 nitrogen and oxygen atoms in total. The molecule has 3 unspecified atom stereocenters. The summed E-state index contributed by atoms with van der Waals surface area (Å²) in [5.74, 6) is -0.612. The molecule has 0 amide bonds. The predicted octanol–water partition coefficient (Wildman–Crippen LogP) is 3.89. The van der Waals surface area contributed by atoms with Crippen LogP contribution in [0.25, 0.3) is 0 Å². The van der Waals surface area contributed by atoms with Gasteiger partial charge in [0.1, 0.15) is 21.8 Å². The highest BCUT2D eigenvalue weighted by atomic mass is 35.5. The summed E-state index contributed by atoms with van der Waals surface area (Å²) < 4.78 is 40.6. The van der Waals surface area contributed by atoms with Gasteiger partial charge in [0.2, 0.25) is 0 Å². The Morgan fingerprint density at radius 1 is 1.24 bits per heavy atom. The van der Waals surface area contributed by atoms with Crippen LogP contribution in [0.3, 0.4) is 0 Å². The highest BCUT2D eigenvalue weighted by Gasteiger charge is 2.34. The molecule has 3 rings (SSSR count). The summed E-state index contributed by atoms with van der Waals surface area (Å²) in [4.78, 5) is 15.8. The van der Waals surface area contributed by atoms with Crippen LogP contribution in [0.1, 0.15) is 30.1 Å². The number of allylic oxidation sites excluding steroid dienone is 5. The predicted molar refractivity (Wildman–Crippen MR) is 132 cm³/mol. The van der Waals surface area contributed by atoms with Gasteiger partial charge in [0, 0.05) is 5.03 Å². The Labute approximate surface area is 203 Å². The Balaban J connectivity index is 1.93. The van der Waals surface area contributed by atoms with E-state index in [0.29, 0.717) is 24.5 Å². The van der Waals surface area contributed by atoms with E-state index in [4.69, 9.17) is 21.1 Å². The fraction of sp³-hybridized carbons (Fsp3) is 0.304. The minimum absolute atomic E-state index is 0.123. The number of ether oxygens (including phenoxy) is 2. The first-order valence-corrected chi connectivity index (χ1v) is 12.9. The number of benzene rings is 1. The molecule has 0 saturated carbocycles. The van der Waals surface area contributed by atoms with E-state index in [0.717, 1.165) is 0 Å². The van der Waals surface area contributed by atoms with Gasteiger partial charge in [0.15, 0.2) is 9.98 Å². The van der Waals surface area contributed by atoms with E-state index in [1.54, 1.807) is 31.2 Å². The van der Waals surface area contributed by atoms with Crippen molar-refractivity contribution in [3.63, 3.8) is 0 Å².